The number of nitrogens with zero attached hydrogens (tertiary/aromatic N) is 1. The van der Waals surface area contributed by atoms with Crippen molar-refractivity contribution >= 4 is 50.6 Å². The molecule has 0 radical (unpaired) electrons. The summed E-state index contributed by atoms with van der Waals surface area (Å²) in [7, 11) is -3.68. The number of carbonyl (C=O) groups is 1. The van der Waals surface area contributed by atoms with E-state index in [0.29, 0.717) is 23.1 Å². The van der Waals surface area contributed by atoms with Crippen LogP contribution in [0.2, 0.25) is 4.34 Å². The lowest BCUT2D eigenvalue weighted by molar-refractivity contribution is -0.127. The molecule has 1 unspecified atom stereocenters. The molecule has 1 saturated heterocycles. The first-order chi connectivity index (χ1) is 11.3. The number of halogens is 1. The van der Waals surface area contributed by atoms with Crippen LogP contribution in [0, 0.1) is 0 Å². The summed E-state index contributed by atoms with van der Waals surface area (Å²) in [6.07, 6.45) is 0.646. The van der Waals surface area contributed by atoms with Gasteiger partial charge in [-0.15, -0.1) is 23.1 Å². The highest BCUT2D eigenvalue weighted by Gasteiger charge is 2.33. The molecule has 2 aromatic rings. The molecular weight excluding hydrogens is 388 g/mol. The van der Waals surface area contributed by atoms with Gasteiger partial charge in [0.25, 0.3) is 0 Å². The van der Waals surface area contributed by atoms with Gasteiger partial charge in [-0.1, -0.05) is 23.7 Å². The molecule has 0 bridgehead atoms. The molecule has 3 rings (SSSR count). The Morgan fingerprint density at radius 2 is 1.92 bits per heavy atom. The molecular formula is C15H15ClN2O3S3. The molecule has 2 N–H and O–H groups in total. The predicted octanol–water partition coefficient (Wildman–Crippen LogP) is 2.87. The van der Waals surface area contributed by atoms with E-state index < -0.39 is 10.0 Å². The molecule has 1 aliphatic rings. The van der Waals surface area contributed by atoms with Crippen LogP contribution in [0.3, 0.4) is 0 Å². The third kappa shape index (κ3) is 3.94. The van der Waals surface area contributed by atoms with Crippen molar-refractivity contribution in [1.29, 1.82) is 0 Å². The molecule has 1 aromatic heterocycles. The van der Waals surface area contributed by atoms with E-state index in [9.17, 15) is 13.2 Å². The zero-order valence-electron chi connectivity index (χ0n) is 12.5. The van der Waals surface area contributed by atoms with Gasteiger partial charge < -0.3 is 4.90 Å². The van der Waals surface area contributed by atoms with E-state index >= 15 is 0 Å². The van der Waals surface area contributed by atoms with Crippen LogP contribution < -0.4 is 5.14 Å². The number of benzene rings is 1. The second-order valence-electron chi connectivity index (χ2n) is 5.33. The standard InChI is InChI=1S/C15H15ClN2O3S3/c16-13-6-5-12(23-13)15-18(14(19)9-22-15)8-7-10-1-3-11(4-2-10)24(17,20)21/h1-6,15H,7-9H2,(H2,17,20,21). The lowest BCUT2D eigenvalue weighted by atomic mass is 10.1. The van der Waals surface area contributed by atoms with Crippen LogP contribution in [0.25, 0.3) is 0 Å². The molecule has 0 saturated carbocycles. The number of nitrogens with two attached hydrogens (primary N) is 1. The zero-order valence-corrected chi connectivity index (χ0v) is 15.7. The van der Waals surface area contributed by atoms with Crippen LogP contribution in [-0.2, 0) is 21.2 Å². The largest absolute Gasteiger partial charge is 0.325 e. The number of carbonyl (C=O) groups excluding carboxylic acids is 1. The average molecular weight is 403 g/mol. The second kappa shape index (κ2) is 7.05. The Labute approximate surface area is 153 Å². The van der Waals surface area contributed by atoms with E-state index in [4.69, 9.17) is 16.7 Å². The molecule has 1 fully saturated rings. The first-order valence-corrected chi connectivity index (χ1v) is 10.9. The van der Waals surface area contributed by atoms with Crippen LogP contribution in [0.15, 0.2) is 41.3 Å². The molecule has 9 heteroatoms. The maximum atomic E-state index is 12.2. The number of hydrogen-bond donors (Lipinski definition) is 1. The normalized spacial score (nSPS) is 18.3. The van der Waals surface area contributed by atoms with Gasteiger partial charge in [0.15, 0.2) is 0 Å². The Kier molecular flexibility index (Phi) is 5.22. The van der Waals surface area contributed by atoms with Gasteiger partial charge in [0.1, 0.15) is 5.37 Å². The van der Waals surface area contributed by atoms with Crippen molar-refractivity contribution in [3.05, 3.63) is 51.2 Å². The summed E-state index contributed by atoms with van der Waals surface area (Å²) in [5.74, 6) is 0.570. The van der Waals surface area contributed by atoms with Gasteiger partial charge >= 0.3 is 0 Å². The van der Waals surface area contributed by atoms with E-state index in [2.05, 4.69) is 0 Å². The Morgan fingerprint density at radius 3 is 2.50 bits per heavy atom. The molecule has 1 atom stereocenters. The molecule has 128 valence electrons. The summed E-state index contributed by atoms with van der Waals surface area (Å²) >= 11 is 9.08. The highest BCUT2D eigenvalue weighted by molar-refractivity contribution is 8.00. The summed E-state index contributed by atoms with van der Waals surface area (Å²) in [5, 5.41) is 5.09. The number of amides is 1. The summed E-state index contributed by atoms with van der Waals surface area (Å²) in [4.78, 5) is 15.2. The van der Waals surface area contributed by atoms with E-state index in [1.54, 1.807) is 23.9 Å². The predicted molar refractivity (Wildman–Crippen MR) is 97.8 cm³/mol. The van der Waals surface area contributed by atoms with E-state index in [1.165, 1.54) is 23.5 Å². The van der Waals surface area contributed by atoms with Gasteiger partial charge in [-0.25, -0.2) is 13.6 Å². The van der Waals surface area contributed by atoms with E-state index in [1.807, 2.05) is 17.0 Å². The molecule has 5 nitrogen and oxygen atoms in total. The highest BCUT2D eigenvalue weighted by atomic mass is 35.5. The third-order valence-electron chi connectivity index (χ3n) is 3.70. The zero-order chi connectivity index (χ0) is 17.3. The van der Waals surface area contributed by atoms with Crippen LogP contribution in [0.5, 0.6) is 0 Å². The number of primary sulfonamides is 1. The second-order valence-corrected chi connectivity index (χ2v) is 9.71. The highest BCUT2D eigenvalue weighted by Crippen LogP contribution is 2.42. The molecule has 0 spiro atoms. The minimum Gasteiger partial charge on any atom is -0.325 e. The Hall–Kier alpha value is -1.06. The van der Waals surface area contributed by atoms with Gasteiger partial charge in [-0.05, 0) is 36.2 Å². The van der Waals surface area contributed by atoms with Crippen molar-refractivity contribution < 1.29 is 13.2 Å². The van der Waals surface area contributed by atoms with Crippen LogP contribution >= 0.6 is 34.7 Å². The van der Waals surface area contributed by atoms with Crippen LogP contribution in [0.1, 0.15) is 15.8 Å². The maximum Gasteiger partial charge on any atom is 0.238 e. The smallest absolute Gasteiger partial charge is 0.238 e. The van der Waals surface area contributed by atoms with Gasteiger partial charge in [0.2, 0.25) is 15.9 Å². The fraction of sp³-hybridized carbons (Fsp3) is 0.267. The summed E-state index contributed by atoms with van der Waals surface area (Å²) in [5.41, 5.74) is 0.954. The minimum absolute atomic E-state index is 0.00121. The SMILES string of the molecule is NS(=O)(=O)c1ccc(CCN2C(=O)CSC2c2ccc(Cl)s2)cc1. The van der Waals surface area contributed by atoms with Gasteiger partial charge in [0.05, 0.1) is 15.0 Å². The molecule has 0 aliphatic carbocycles. The molecule has 1 aromatic carbocycles. The Morgan fingerprint density at radius 1 is 1.21 bits per heavy atom. The molecule has 1 amide bonds. The van der Waals surface area contributed by atoms with E-state index in [-0.39, 0.29) is 16.2 Å². The van der Waals surface area contributed by atoms with Gasteiger partial charge in [0, 0.05) is 11.4 Å². The van der Waals surface area contributed by atoms with Crippen molar-refractivity contribution in [3.8, 4) is 0 Å². The monoisotopic (exact) mass is 402 g/mol. The minimum atomic E-state index is -3.68. The summed E-state index contributed by atoms with van der Waals surface area (Å²) in [6, 6.07) is 10.2. The Bertz CT molecular complexity index is 849. The fourth-order valence-electron chi connectivity index (χ4n) is 2.49. The topological polar surface area (TPSA) is 80.5 Å². The molecule has 24 heavy (non-hydrogen) atoms. The third-order valence-corrected chi connectivity index (χ3v) is 7.30. The van der Waals surface area contributed by atoms with Crippen molar-refractivity contribution in [2.75, 3.05) is 12.3 Å². The fourth-order valence-corrected chi connectivity index (χ4v) is 5.52. The number of rotatable bonds is 5. The van der Waals surface area contributed by atoms with Gasteiger partial charge in [-0.3, -0.25) is 4.79 Å². The quantitative estimate of drug-likeness (QED) is 0.833. The number of thiophene rings is 1. The maximum absolute atomic E-state index is 12.2. The lowest BCUT2D eigenvalue weighted by Crippen LogP contribution is -2.30. The number of hydrogen-bond acceptors (Lipinski definition) is 5. The van der Waals surface area contributed by atoms with Crippen molar-refractivity contribution in [1.82, 2.24) is 4.90 Å². The molecule has 2 heterocycles. The van der Waals surface area contributed by atoms with Crippen molar-refractivity contribution in [2.45, 2.75) is 16.7 Å². The average Bonchev–Trinajstić information content (AvgIpc) is 3.11. The summed E-state index contributed by atoms with van der Waals surface area (Å²) < 4.78 is 23.2. The van der Waals surface area contributed by atoms with E-state index in [0.717, 1.165) is 10.4 Å². The van der Waals surface area contributed by atoms with Crippen molar-refractivity contribution in [2.24, 2.45) is 5.14 Å². The van der Waals surface area contributed by atoms with Crippen LogP contribution in [-0.4, -0.2) is 31.5 Å². The Balaban J connectivity index is 1.69. The first-order valence-electron chi connectivity index (χ1n) is 7.12. The van der Waals surface area contributed by atoms with Gasteiger partial charge in [-0.2, -0.15) is 0 Å². The van der Waals surface area contributed by atoms with Crippen molar-refractivity contribution in [3.63, 3.8) is 0 Å². The lowest BCUT2D eigenvalue weighted by Gasteiger charge is -2.23. The molecule has 1 aliphatic heterocycles. The number of sulfonamides is 1. The van der Waals surface area contributed by atoms with Crippen LogP contribution in [0.4, 0.5) is 0 Å². The summed E-state index contributed by atoms with van der Waals surface area (Å²) in [6.45, 7) is 0.570. The number of thioether (sulfide) groups is 1. The first kappa shape index (κ1) is 17.8.